The lowest BCUT2D eigenvalue weighted by molar-refractivity contribution is -0.116. The molecule has 5 rings (SSSR count). The summed E-state index contributed by atoms with van der Waals surface area (Å²) < 4.78 is 1.77. The van der Waals surface area contributed by atoms with Crippen molar-refractivity contribution in [2.24, 2.45) is 0 Å². The Hall–Kier alpha value is -3.00. The topological polar surface area (TPSA) is 96.2 Å². The largest absolute Gasteiger partial charge is 0.337 e. The van der Waals surface area contributed by atoms with Crippen molar-refractivity contribution in [1.82, 2.24) is 24.9 Å². The Morgan fingerprint density at radius 1 is 1.27 bits per heavy atom. The number of carbonyl (C=O) groups excluding carboxylic acids is 1. The maximum Gasteiger partial charge on any atom is 0.224 e. The van der Waals surface area contributed by atoms with E-state index in [-0.39, 0.29) is 5.91 Å². The van der Waals surface area contributed by atoms with Crippen molar-refractivity contribution in [2.75, 3.05) is 23.7 Å². The Morgan fingerprint density at radius 3 is 3.12 bits per heavy atom. The zero-order chi connectivity index (χ0) is 17.5. The summed E-state index contributed by atoms with van der Waals surface area (Å²) >= 11 is 0. The molecule has 0 spiro atoms. The molecule has 1 aromatic carbocycles. The molecule has 3 aromatic rings. The average molecular weight is 349 g/mol. The van der Waals surface area contributed by atoms with Gasteiger partial charge in [-0.05, 0) is 37.1 Å². The number of anilines is 3. The lowest BCUT2D eigenvalue weighted by Gasteiger charge is -2.18. The molecule has 2 aliphatic heterocycles. The molecule has 1 unspecified atom stereocenters. The van der Waals surface area contributed by atoms with Crippen molar-refractivity contribution in [2.45, 2.75) is 25.2 Å². The number of amides is 1. The minimum absolute atomic E-state index is 0.0587. The van der Waals surface area contributed by atoms with Gasteiger partial charge in [0.05, 0.1) is 11.9 Å². The van der Waals surface area contributed by atoms with Crippen LogP contribution in [-0.4, -0.2) is 38.6 Å². The number of rotatable bonds is 3. The van der Waals surface area contributed by atoms with E-state index in [1.54, 1.807) is 4.52 Å². The molecule has 26 heavy (non-hydrogen) atoms. The Kier molecular flexibility index (Phi) is 3.56. The van der Waals surface area contributed by atoms with Gasteiger partial charge in [0.25, 0.3) is 0 Å². The van der Waals surface area contributed by atoms with Crippen molar-refractivity contribution >= 4 is 28.7 Å². The molecule has 132 valence electrons. The third-order valence-electron chi connectivity index (χ3n) is 5.03. The maximum absolute atomic E-state index is 11.7. The van der Waals surface area contributed by atoms with E-state index in [4.69, 9.17) is 4.98 Å². The third-order valence-corrected chi connectivity index (χ3v) is 5.03. The zero-order valence-corrected chi connectivity index (χ0v) is 14.2. The molecule has 4 heterocycles. The van der Waals surface area contributed by atoms with Crippen LogP contribution in [0.15, 0.2) is 30.7 Å². The standard InChI is InChI=1S/C18H19N7O/c26-16-4-2-11-1-3-13(7-14(11)23-16)22-17-18-20-10-21-25(18)9-15(24-17)12-5-6-19-8-12/h1,3,7,9-10,12,19H,2,4-6,8H2,(H,22,24)(H,23,26). The summed E-state index contributed by atoms with van der Waals surface area (Å²) in [5.74, 6) is 1.12. The van der Waals surface area contributed by atoms with Gasteiger partial charge in [0.2, 0.25) is 5.91 Å². The van der Waals surface area contributed by atoms with Gasteiger partial charge in [-0.2, -0.15) is 5.10 Å². The second-order valence-corrected chi connectivity index (χ2v) is 6.78. The van der Waals surface area contributed by atoms with Gasteiger partial charge in [-0.3, -0.25) is 4.79 Å². The van der Waals surface area contributed by atoms with Crippen molar-refractivity contribution in [3.8, 4) is 0 Å². The van der Waals surface area contributed by atoms with Gasteiger partial charge in [-0.15, -0.1) is 0 Å². The van der Waals surface area contributed by atoms with E-state index in [0.717, 1.165) is 48.6 Å². The molecular weight excluding hydrogens is 330 g/mol. The van der Waals surface area contributed by atoms with Crippen LogP contribution in [0, 0.1) is 0 Å². The van der Waals surface area contributed by atoms with Crippen LogP contribution in [0.2, 0.25) is 0 Å². The van der Waals surface area contributed by atoms with Gasteiger partial charge in [0, 0.05) is 30.3 Å². The first-order valence-corrected chi connectivity index (χ1v) is 8.87. The number of nitrogens with zero attached hydrogens (tertiary/aromatic N) is 4. The number of hydrogen-bond acceptors (Lipinski definition) is 6. The number of aromatic nitrogens is 4. The van der Waals surface area contributed by atoms with Crippen LogP contribution in [0.25, 0.3) is 5.65 Å². The Morgan fingerprint density at radius 2 is 2.23 bits per heavy atom. The molecule has 2 aromatic heterocycles. The number of hydrogen-bond donors (Lipinski definition) is 3. The number of benzene rings is 1. The van der Waals surface area contributed by atoms with E-state index in [0.29, 0.717) is 23.8 Å². The smallest absolute Gasteiger partial charge is 0.224 e. The normalized spacial score (nSPS) is 19.4. The molecular formula is C18H19N7O. The molecule has 1 atom stereocenters. The second-order valence-electron chi connectivity index (χ2n) is 6.78. The molecule has 1 fully saturated rings. The predicted molar refractivity (Wildman–Crippen MR) is 97.7 cm³/mol. The summed E-state index contributed by atoms with van der Waals surface area (Å²) in [4.78, 5) is 20.8. The van der Waals surface area contributed by atoms with Crippen LogP contribution in [0.4, 0.5) is 17.2 Å². The zero-order valence-electron chi connectivity index (χ0n) is 14.2. The molecule has 1 amide bonds. The van der Waals surface area contributed by atoms with E-state index in [2.05, 4.69) is 26.0 Å². The quantitative estimate of drug-likeness (QED) is 0.668. The van der Waals surface area contributed by atoms with E-state index in [9.17, 15) is 4.79 Å². The molecule has 2 aliphatic rings. The van der Waals surface area contributed by atoms with Crippen molar-refractivity contribution in [3.63, 3.8) is 0 Å². The molecule has 3 N–H and O–H groups in total. The molecule has 8 heteroatoms. The highest BCUT2D eigenvalue weighted by Crippen LogP contribution is 2.29. The number of fused-ring (bicyclic) bond motifs is 2. The Balaban J connectivity index is 1.51. The lowest BCUT2D eigenvalue weighted by atomic mass is 10.0. The van der Waals surface area contributed by atoms with Crippen LogP contribution in [0.1, 0.15) is 30.0 Å². The summed E-state index contributed by atoms with van der Waals surface area (Å²) in [6.07, 6.45) is 5.87. The summed E-state index contributed by atoms with van der Waals surface area (Å²) in [5.41, 5.74) is 4.56. The fraction of sp³-hybridized carbons (Fsp3) is 0.333. The van der Waals surface area contributed by atoms with E-state index in [1.807, 2.05) is 24.4 Å². The van der Waals surface area contributed by atoms with Crippen LogP contribution in [0.3, 0.4) is 0 Å². The number of carbonyl (C=O) groups is 1. The van der Waals surface area contributed by atoms with Crippen molar-refractivity contribution in [1.29, 1.82) is 0 Å². The first-order valence-electron chi connectivity index (χ1n) is 8.87. The minimum atomic E-state index is 0.0587. The first-order chi connectivity index (χ1) is 12.8. The molecule has 0 saturated carbocycles. The van der Waals surface area contributed by atoms with Crippen LogP contribution < -0.4 is 16.0 Å². The van der Waals surface area contributed by atoms with Gasteiger partial charge in [-0.25, -0.2) is 14.5 Å². The van der Waals surface area contributed by atoms with Crippen LogP contribution in [0.5, 0.6) is 0 Å². The van der Waals surface area contributed by atoms with Crippen LogP contribution in [-0.2, 0) is 11.2 Å². The van der Waals surface area contributed by atoms with Crippen molar-refractivity contribution in [3.05, 3.63) is 42.0 Å². The molecule has 0 aliphatic carbocycles. The predicted octanol–water partition coefficient (Wildman–Crippen LogP) is 1.83. The molecule has 0 radical (unpaired) electrons. The summed E-state index contributed by atoms with van der Waals surface area (Å²) in [6.45, 7) is 1.94. The molecule has 1 saturated heterocycles. The second kappa shape index (κ2) is 6.06. The van der Waals surface area contributed by atoms with Gasteiger partial charge in [0.1, 0.15) is 6.33 Å². The van der Waals surface area contributed by atoms with E-state index in [1.165, 1.54) is 6.33 Å². The minimum Gasteiger partial charge on any atom is -0.337 e. The Labute approximate surface area is 150 Å². The highest BCUT2D eigenvalue weighted by Gasteiger charge is 2.21. The highest BCUT2D eigenvalue weighted by molar-refractivity contribution is 5.94. The van der Waals surface area contributed by atoms with Crippen LogP contribution >= 0.6 is 0 Å². The average Bonchev–Trinajstić information content (AvgIpc) is 3.33. The summed E-state index contributed by atoms with van der Waals surface area (Å²) in [6, 6.07) is 6.00. The first kappa shape index (κ1) is 15.3. The van der Waals surface area contributed by atoms with E-state index < -0.39 is 0 Å². The monoisotopic (exact) mass is 349 g/mol. The van der Waals surface area contributed by atoms with Crippen molar-refractivity contribution < 1.29 is 4.79 Å². The van der Waals surface area contributed by atoms with E-state index >= 15 is 0 Å². The third kappa shape index (κ3) is 2.68. The molecule has 0 bridgehead atoms. The summed E-state index contributed by atoms with van der Waals surface area (Å²) in [5, 5.41) is 13.9. The van der Waals surface area contributed by atoms with Gasteiger partial charge >= 0.3 is 0 Å². The fourth-order valence-corrected chi connectivity index (χ4v) is 3.62. The Bertz CT molecular complexity index is 990. The lowest BCUT2D eigenvalue weighted by Crippen LogP contribution is -2.19. The van der Waals surface area contributed by atoms with Gasteiger partial charge in [-0.1, -0.05) is 6.07 Å². The number of nitrogens with one attached hydrogen (secondary N) is 3. The molecule has 8 nitrogen and oxygen atoms in total. The summed E-state index contributed by atoms with van der Waals surface area (Å²) in [7, 11) is 0. The fourth-order valence-electron chi connectivity index (χ4n) is 3.62. The highest BCUT2D eigenvalue weighted by atomic mass is 16.1. The number of aryl methyl sites for hydroxylation is 1. The van der Waals surface area contributed by atoms with Gasteiger partial charge in [0.15, 0.2) is 11.5 Å². The van der Waals surface area contributed by atoms with Gasteiger partial charge < -0.3 is 16.0 Å². The SMILES string of the molecule is O=C1CCc2ccc(Nc3nc(C4CCNC4)cn4ncnc34)cc2N1. The maximum atomic E-state index is 11.7.